The van der Waals surface area contributed by atoms with E-state index in [1.165, 1.54) is 0 Å². The van der Waals surface area contributed by atoms with Crippen molar-refractivity contribution in [3.8, 4) is 0 Å². The molecule has 0 spiro atoms. The Morgan fingerprint density at radius 3 is 1.96 bits per heavy atom. The Labute approximate surface area is 152 Å². The fourth-order valence-corrected chi connectivity index (χ4v) is 5.36. The smallest absolute Gasteiger partial charge is 0.286 e. The van der Waals surface area contributed by atoms with Crippen LogP contribution in [0.5, 0.6) is 0 Å². The number of quaternary nitrogens is 1. The zero-order chi connectivity index (χ0) is 16.9. The Morgan fingerprint density at radius 2 is 1.40 bits per heavy atom. The van der Waals surface area contributed by atoms with E-state index in [-0.39, 0.29) is 5.91 Å². The number of hydrogen-bond donors (Lipinski definition) is 0. The van der Waals surface area contributed by atoms with Crippen LogP contribution in [0.4, 0.5) is 11.4 Å². The third kappa shape index (κ3) is 2.58. The number of hydrogen-bond acceptors (Lipinski definition) is 3. The number of piperazine rings is 3. The number of benzene rings is 2. The standard InChI is InChI=1S/C20H22N3OS/c24-20(15-23-12-9-21(10-13-23)11-14-23)22-16-5-1-3-7-18(16)25-19-8-4-2-6-17(19)22/h1-8H,9-15H2/q+1. The highest BCUT2D eigenvalue weighted by Gasteiger charge is 2.42. The van der Waals surface area contributed by atoms with Gasteiger partial charge in [0.05, 0.1) is 31.0 Å². The molecule has 4 aliphatic rings. The maximum absolute atomic E-state index is 13.5. The van der Waals surface area contributed by atoms with Crippen molar-refractivity contribution in [2.45, 2.75) is 9.79 Å². The minimum Gasteiger partial charge on any atom is -0.313 e. The van der Waals surface area contributed by atoms with E-state index >= 15 is 0 Å². The zero-order valence-corrected chi connectivity index (χ0v) is 15.0. The van der Waals surface area contributed by atoms with E-state index in [1.54, 1.807) is 11.8 Å². The number of amides is 1. The molecule has 2 aromatic carbocycles. The molecule has 0 aliphatic carbocycles. The summed E-state index contributed by atoms with van der Waals surface area (Å²) < 4.78 is 0.962. The summed E-state index contributed by atoms with van der Waals surface area (Å²) in [4.78, 5) is 20.3. The Morgan fingerprint density at radius 1 is 0.880 bits per heavy atom. The number of fused-ring (bicyclic) bond motifs is 5. The maximum Gasteiger partial charge on any atom is 0.286 e. The molecule has 3 fully saturated rings. The lowest BCUT2D eigenvalue weighted by atomic mass is 10.1. The van der Waals surface area contributed by atoms with Gasteiger partial charge in [-0.1, -0.05) is 36.0 Å². The van der Waals surface area contributed by atoms with Crippen molar-refractivity contribution in [2.75, 3.05) is 50.7 Å². The van der Waals surface area contributed by atoms with Crippen LogP contribution in [-0.2, 0) is 4.79 Å². The average molecular weight is 352 g/mol. The predicted octanol–water partition coefficient (Wildman–Crippen LogP) is 2.96. The van der Waals surface area contributed by atoms with E-state index in [1.807, 2.05) is 29.2 Å². The number of carbonyl (C=O) groups is 1. The Hall–Kier alpha value is -1.82. The highest BCUT2D eigenvalue weighted by molar-refractivity contribution is 7.99. The van der Waals surface area contributed by atoms with Gasteiger partial charge in [0.15, 0.2) is 6.54 Å². The summed E-state index contributed by atoms with van der Waals surface area (Å²) in [5.41, 5.74) is 2.06. The molecule has 4 aliphatic heterocycles. The quantitative estimate of drug-likeness (QED) is 0.777. The minimum absolute atomic E-state index is 0.232. The molecule has 5 heteroatoms. The summed E-state index contributed by atoms with van der Waals surface area (Å²) >= 11 is 1.76. The van der Waals surface area contributed by atoms with Crippen LogP contribution in [0.2, 0.25) is 0 Å². The van der Waals surface area contributed by atoms with Gasteiger partial charge in [-0.3, -0.25) is 14.6 Å². The first-order chi connectivity index (χ1) is 12.2. The average Bonchev–Trinajstić information content (AvgIpc) is 2.67. The lowest BCUT2D eigenvalue weighted by Crippen LogP contribution is -2.69. The molecule has 2 bridgehead atoms. The second-order valence-corrected chi connectivity index (χ2v) is 8.36. The van der Waals surface area contributed by atoms with Crippen LogP contribution in [0.25, 0.3) is 0 Å². The van der Waals surface area contributed by atoms with Crippen molar-refractivity contribution in [2.24, 2.45) is 0 Å². The third-order valence-electron chi connectivity index (χ3n) is 5.82. The largest absolute Gasteiger partial charge is 0.313 e. The number of anilines is 2. The first kappa shape index (κ1) is 15.4. The van der Waals surface area contributed by atoms with Gasteiger partial charge in [0.1, 0.15) is 0 Å². The van der Waals surface area contributed by atoms with Crippen molar-refractivity contribution in [1.29, 1.82) is 0 Å². The zero-order valence-electron chi connectivity index (χ0n) is 14.2. The monoisotopic (exact) mass is 352 g/mol. The van der Waals surface area contributed by atoms with Crippen molar-refractivity contribution in [3.05, 3.63) is 48.5 Å². The van der Waals surface area contributed by atoms with Crippen LogP contribution >= 0.6 is 11.8 Å². The lowest BCUT2D eigenvalue weighted by molar-refractivity contribution is -0.933. The summed E-state index contributed by atoms with van der Waals surface area (Å²) in [7, 11) is 0. The van der Waals surface area contributed by atoms with Crippen LogP contribution in [0.1, 0.15) is 0 Å². The number of carbonyl (C=O) groups excluding carboxylic acids is 1. The molecule has 0 aromatic heterocycles. The fourth-order valence-electron chi connectivity index (χ4n) is 4.30. The summed E-state index contributed by atoms with van der Waals surface area (Å²) in [6.07, 6.45) is 0. The third-order valence-corrected chi connectivity index (χ3v) is 6.95. The molecule has 25 heavy (non-hydrogen) atoms. The molecule has 0 unspecified atom stereocenters. The number of nitrogens with zero attached hydrogens (tertiary/aromatic N) is 3. The molecule has 0 atom stereocenters. The number of para-hydroxylation sites is 2. The normalized spacial score (nSPS) is 26.9. The van der Waals surface area contributed by atoms with E-state index in [0.29, 0.717) is 6.54 Å². The fraction of sp³-hybridized carbons (Fsp3) is 0.350. The van der Waals surface area contributed by atoms with Gasteiger partial charge < -0.3 is 4.48 Å². The Balaban J connectivity index is 1.51. The molecule has 4 nitrogen and oxygen atoms in total. The lowest BCUT2D eigenvalue weighted by Gasteiger charge is -2.50. The molecule has 6 rings (SSSR count). The molecule has 0 N–H and O–H groups in total. The summed E-state index contributed by atoms with van der Waals surface area (Å²) in [6, 6.07) is 16.5. The van der Waals surface area contributed by atoms with Crippen molar-refractivity contribution < 1.29 is 9.28 Å². The molecule has 128 valence electrons. The maximum atomic E-state index is 13.5. The van der Waals surface area contributed by atoms with Crippen LogP contribution in [0.15, 0.2) is 58.3 Å². The van der Waals surface area contributed by atoms with E-state index in [4.69, 9.17) is 0 Å². The van der Waals surface area contributed by atoms with Crippen LogP contribution < -0.4 is 4.90 Å². The highest BCUT2D eigenvalue weighted by Crippen LogP contribution is 2.48. The molecular weight excluding hydrogens is 330 g/mol. The van der Waals surface area contributed by atoms with Crippen molar-refractivity contribution >= 4 is 29.0 Å². The van der Waals surface area contributed by atoms with Gasteiger partial charge in [0.25, 0.3) is 5.91 Å². The van der Waals surface area contributed by atoms with Gasteiger partial charge in [0, 0.05) is 29.4 Å². The predicted molar refractivity (Wildman–Crippen MR) is 100 cm³/mol. The van der Waals surface area contributed by atoms with E-state index < -0.39 is 0 Å². The van der Waals surface area contributed by atoms with Gasteiger partial charge >= 0.3 is 0 Å². The van der Waals surface area contributed by atoms with Crippen LogP contribution in [0.3, 0.4) is 0 Å². The first-order valence-corrected chi connectivity index (χ1v) is 9.82. The molecule has 0 radical (unpaired) electrons. The Kier molecular flexibility index (Phi) is 3.62. The van der Waals surface area contributed by atoms with Crippen molar-refractivity contribution in [1.82, 2.24) is 4.90 Å². The first-order valence-electron chi connectivity index (χ1n) is 9.01. The second kappa shape index (κ2) is 5.87. The summed E-state index contributed by atoms with van der Waals surface area (Å²) in [5, 5.41) is 0. The van der Waals surface area contributed by atoms with Gasteiger partial charge in [0.2, 0.25) is 0 Å². The van der Waals surface area contributed by atoms with Gasteiger partial charge in [-0.15, -0.1) is 0 Å². The number of rotatable bonds is 2. The van der Waals surface area contributed by atoms with Gasteiger partial charge in [-0.2, -0.15) is 0 Å². The van der Waals surface area contributed by atoms with Gasteiger partial charge in [-0.25, -0.2) is 0 Å². The van der Waals surface area contributed by atoms with Crippen molar-refractivity contribution in [3.63, 3.8) is 0 Å². The second-order valence-electron chi connectivity index (χ2n) is 7.28. The van der Waals surface area contributed by atoms with E-state index in [9.17, 15) is 4.79 Å². The minimum atomic E-state index is 0.232. The molecule has 0 saturated carbocycles. The molecular formula is C20H22N3OS+. The van der Waals surface area contributed by atoms with E-state index in [2.05, 4.69) is 29.2 Å². The van der Waals surface area contributed by atoms with Crippen LogP contribution in [-0.4, -0.2) is 61.1 Å². The van der Waals surface area contributed by atoms with E-state index in [0.717, 1.165) is 64.9 Å². The molecule has 2 aromatic rings. The molecule has 3 saturated heterocycles. The molecule has 1 amide bonds. The summed E-state index contributed by atoms with van der Waals surface area (Å²) in [6.45, 7) is 7.34. The topological polar surface area (TPSA) is 23.6 Å². The summed E-state index contributed by atoms with van der Waals surface area (Å²) in [5.74, 6) is 0.232. The van der Waals surface area contributed by atoms with Crippen LogP contribution in [0, 0.1) is 0 Å². The SMILES string of the molecule is O=C(C[N+]12CCN(CC1)CC2)N1c2ccccc2Sc2ccccc21. The Bertz CT molecular complexity index is 770. The molecule has 4 heterocycles. The highest BCUT2D eigenvalue weighted by atomic mass is 32.2. The van der Waals surface area contributed by atoms with Gasteiger partial charge in [-0.05, 0) is 24.3 Å².